The van der Waals surface area contributed by atoms with Gasteiger partial charge in [-0.1, -0.05) is 24.3 Å². The van der Waals surface area contributed by atoms with Crippen LogP contribution in [0.15, 0.2) is 53.6 Å². The van der Waals surface area contributed by atoms with Gasteiger partial charge < -0.3 is 9.15 Å². The summed E-state index contributed by atoms with van der Waals surface area (Å²) in [5.74, 6) is 1.02. The Bertz CT molecular complexity index is 448. The van der Waals surface area contributed by atoms with Crippen LogP contribution in [0.2, 0.25) is 0 Å². The van der Waals surface area contributed by atoms with Crippen LogP contribution in [0.5, 0.6) is 5.95 Å². The number of oxazole rings is 1. The molecule has 1 aromatic carbocycles. The molecule has 0 radical (unpaired) electrons. The highest BCUT2D eigenvalue weighted by Crippen LogP contribution is 2.22. The van der Waals surface area contributed by atoms with Crippen molar-refractivity contribution in [2.45, 2.75) is 6.42 Å². The maximum atomic E-state index is 5.45. The van der Waals surface area contributed by atoms with Gasteiger partial charge in [0.25, 0.3) is 0 Å². The standard InChI is InChI=1S/C13H13NO2/c1-2-3-9-15-12-10-14-13(16-12)11-7-5-4-6-8-11/h2,4-8,10H,1,3,9H2. The molecule has 0 amide bonds. The van der Waals surface area contributed by atoms with Gasteiger partial charge >= 0.3 is 5.95 Å². The van der Waals surface area contributed by atoms with Gasteiger partial charge in [0.05, 0.1) is 6.61 Å². The van der Waals surface area contributed by atoms with Crippen LogP contribution in [0.3, 0.4) is 0 Å². The summed E-state index contributed by atoms with van der Waals surface area (Å²) < 4.78 is 10.8. The van der Waals surface area contributed by atoms with E-state index < -0.39 is 0 Å². The maximum absolute atomic E-state index is 5.45. The van der Waals surface area contributed by atoms with Crippen LogP contribution in [0.1, 0.15) is 6.42 Å². The van der Waals surface area contributed by atoms with Crippen LogP contribution >= 0.6 is 0 Å². The molecule has 0 saturated heterocycles. The fourth-order valence-corrected chi connectivity index (χ4v) is 1.28. The van der Waals surface area contributed by atoms with E-state index in [9.17, 15) is 0 Å². The Balaban J connectivity index is 2.05. The van der Waals surface area contributed by atoms with Crippen LogP contribution in [0, 0.1) is 0 Å². The highest BCUT2D eigenvalue weighted by Gasteiger charge is 2.05. The van der Waals surface area contributed by atoms with Crippen LogP contribution in [0.4, 0.5) is 0 Å². The second-order valence-corrected chi connectivity index (χ2v) is 3.28. The Morgan fingerprint density at radius 2 is 2.12 bits per heavy atom. The van der Waals surface area contributed by atoms with Crippen molar-refractivity contribution in [2.75, 3.05) is 6.61 Å². The SMILES string of the molecule is C=CCCOc1cnc(-c2ccccc2)o1. The molecule has 0 saturated carbocycles. The molecule has 0 aliphatic heterocycles. The first-order chi connectivity index (χ1) is 7.90. The van der Waals surface area contributed by atoms with E-state index in [1.54, 1.807) is 12.3 Å². The van der Waals surface area contributed by atoms with Crippen molar-refractivity contribution in [1.29, 1.82) is 0 Å². The Labute approximate surface area is 94.4 Å². The average molecular weight is 215 g/mol. The van der Waals surface area contributed by atoms with E-state index in [2.05, 4.69) is 11.6 Å². The number of nitrogens with zero attached hydrogens (tertiary/aromatic N) is 1. The van der Waals surface area contributed by atoms with Gasteiger partial charge in [0.15, 0.2) is 0 Å². The number of aromatic nitrogens is 1. The predicted molar refractivity (Wildman–Crippen MR) is 62.2 cm³/mol. The summed E-state index contributed by atoms with van der Waals surface area (Å²) in [4.78, 5) is 4.15. The van der Waals surface area contributed by atoms with Crippen LogP contribution < -0.4 is 4.74 Å². The van der Waals surface area contributed by atoms with E-state index in [1.165, 1.54) is 0 Å². The van der Waals surface area contributed by atoms with E-state index in [4.69, 9.17) is 9.15 Å². The molecular weight excluding hydrogens is 202 g/mol. The van der Waals surface area contributed by atoms with Crippen molar-refractivity contribution in [3.63, 3.8) is 0 Å². The lowest BCUT2D eigenvalue weighted by Gasteiger charge is -1.98. The Morgan fingerprint density at radius 1 is 1.31 bits per heavy atom. The molecule has 0 aliphatic carbocycles. The van der Waals surface area contributed by atoms with Gasteiger partial charge in [-0.05, 0) is 18.6 Å². The third-order valence-corrected chi connectivity index (χ3v) is 2.07. The highest BCUT2D eigenvalue weighted by molar-refractivity contribution is 5.52. The average Bonchev–Trinajstić information content (AvgIpc) is 2.79. The molecule has 0 N–H and O–H groups in total. The lowest BCUT2D eigenvalue weighted by Crippen LogP contribution is -1.93. The van der Waals surface area contributed by atoms with E-state index in [-0.39, 0.29) is 0 Å². The van der Waals surface area contributed by atoms with Crippen molar-refractivity contribution >= 4 is 0 Å². The molecule has 1 aromatic heterocycles. The summed E-state index contributed by atoms with van der Waals surface area (Å²) in [7, 11) is 0. The van der Waals surface area contributed by atoms with E-state index in [1.807, 2.05) is 30.3 Å². The predicted octanol–water partition coefficient (Wildman–Crippen LogP) is 3.30. The van der Waals surface area contributed by atoms with Crippen molar-refractivity contribution in [2.24, 2.45) is 0 Å². The number of rotatable bonds is 5. The van der Waals surface area contributed by atoms with Gasteiger partial charge in [0, 0.05) is 5.56 Å². The van der Waals surface area contributed by atoms with Crippen molar-refractivity contribution in [3.05, 3.63) is 49.2 Å². The molecule has 2 aromatic rings. The first-order valence-electron chi connectivity index (χ1n) is 5.15. The van der Waals surface area contributed by atoms with Gasteiger partial charge in [-0.3, -0.25) is 0 Å². The zero-order valence-corrected chi connectivity index (χ0v) is 8.93. The van der Waals surface area contributed by atoms with Crippen molar-refractivity contribution in [3.8, 4) is 17.4 Å². The zero-order chi connectivity index (χ0) is 11.2. The van der Waals surface area contributed by atoms with Crippen molar-refractivity contribution < 1.29 is 9.15 Å². The minimum absolute atomic E-state index is 0.445. The number of benzene rings is 1. The van der Waals surface area contributed by atoms with Gasteiger partial charge in [-0.2, -0.15) is 0 Å². The summed E-state index contributed by atoms with van der Waals surface area (Å²) in [6, 6.07) is 9.72. The van der Waals surface area contributed by atoms with E-state index >= 15 is 0 Å². The highest BCUT2D eigenvalue weighted by atomic mass is 16.6. The maximum Gasteiger partial charge on any atom is 0.305 e. The molecule has 1 heterocycles. The molecule has 0 fully saturated rings. The number of hydrogen-bond acceptors (Lipinski definition) is 3. The Kier molecular flexibility index (Phi) is 3.38. The third kappa shape index (κ3) is 2.51. The van der Waals surface area contributed by atoms with Crippen LogP contribution in [-0.2, 0) is 0 Å². The lowest BCUT2D eigenvalue weighted by atomic mass is 10.2. The lowest BCUT2D eigenvalue weighted by molar-refractivity contribution is 0.250. The largest absolute Gasteiger partial charge is 0.464 e. The summed E-state index contributed by atoms with van der Waals surface area (Å²) in [5, 5.41) is 0. The van der Waals surface area contributed by atoms with E-state index in [0.29, 0.717) is 18.4 Å². The normalized spacial score (nSPS) is 10.0. The first kappa shape index (κ1) is 10.5. The second-order valence-electron chi connectivity index (χ2n) is 3.28. The van der Waals surface area contributed by atoms with Gasteiger partial charge in [0.1, 0.15) is 6.20 Å². The van der Waals surface area contributed by atoms with Gasteiger partial charge in [-0.25, -0.2) is 4.98 Å². The van der Waals surface area contributed by atoms with E-state index in [0.717, 1.165) is 12.0 Å². The molecule has 82 valence electrons. The smallest absolute Gasteiger partial charge is 0.305 e. The summed E-state index contributed by atoms with van der Waals surface area (Å²) >= 11 is 0. The molecule has 3 heteroatoms. The summed E-state index contributed by atoms with van der Waals surface area (Å²) in [6.45, 7) is 4.18. The minimum atomic E-state index is 0.445. The molecule has 0 bridgehead atoms. The molecule has 0 aliphatic rings. The molecule has 2 rings (SSSR count). The minimum Gasteiger partial charge on any atom is -0.464 e. The number of hydrogen-bond donors (Lipinski definition) is 0. The van der Waals surface area contributed by atoms with Gasteiger partial charge in [-0.15, -0.1) is 6.58 Å². The fraction of sp³-hybridized carbons (Fsp3) is 0.154. The summed E-state index contributed by atoms with van der Waals surface area (Å²) in [5.41, 5.74) is 0.945. The van der Waals surface area contributed by atoms with Crippen LogP contribution in [0.25, 0.3) is 11.5 Å². The Hall–Kier alpha value is -2.03. The molecule has 0 atom stereocenters. The quantitative estimate of drug-likeness (QED) is 0.567. The van der Waals surface area contributed by atoms with Crippen LogP contribution in [-0.4, -0.2) is 11.6 Å². The molecule has 0 unspecified atom stereocenters. The van der Waals surface area contributed by atoms with Crippen molar-refractivity contribution in [1.82, 2.24) is 4.98 Å². The van der Waals surface area contributed by atoms with Gasteiger partial charge in [0.2, 0.25) is 5.89 Å². The molecular formula is C13H13NO2. The molecule has 0 spiro atoms. The third-order valence-electron chi connectivity index (χ3n) is 2.07. The first-order valence-corrected chi connectivity index (χ1v) is 5.15. The topological polar surface area (TPSA) is 35.3 Å². The zero-order valence-electron chi connectivity index (χ0n) is 8.93. The molecule has 3 nitrogen and oxygen atoms in total. The monoisotopic (exact) mass is 215 g/mol. The summed E-state index contributed by atoms with van der Waals surface area (Å²) in [6.07, 6.45) is 4.18. The molecule has 16 heavy (non-hydrogen) atoms. The fourth-order valence-electron chi connectivity index (χ4n) is 1.28. The Morgan fingerprint density at radius 3 is 2.88 bits per heavy atom. The second kappa shape index (κ2) is 5.16. The number of ether oxygens (including phenoxy) is 1.